The van der Waals surface area contributed by atoms with Gasteiger partial charge >= 0.3 is 0 Å². The Morgan fingerprint density at radius 1 is 1.05 bits per heavy atom. The first-order valence-corrected chi connectivity index (χ1v) is 8.14. The molecule has 3 aromatic rings. The highest BCUT2D eigenvalue weighted by atomic mass is 79.9. The second kappa shape index (κ2) is 6.12. The van der Waals surface area contributed by atoms with Crippen LogP contribution in [0.15, 0.2) is 57.7 Å². The van der Waals surface area contributed by atoms with Crippen molar-refractivity contribution < 1.29 is 0 Å². The molecule has 0 bridgehead atoms. The van der Waals surface area contributed by atoms with E-state index in [4.69, 9.17) is 0 Å². The maximum Gasteiger partial charge on any atom is 0.112 e. The van der Waals surface area contributed by atoms with Gasteiger partial charge in [0.2, 0.25) is 0 Å². The quantitative estimate of drug-likeness (QED) is 0.638. The summed E-state index contributed by atoms with van der Waals surface area (Å²) < 4.78 is 2.01. The van der Waals surface area contributed by atoms with Crippen molar-refractivity contribution >= 4 is 48.6 Å². The zero-order valence-electron chi connectivity index (χ0n) is 11.3. The van der Waals surface area contributed by atoms with Crippen LogP contribution in [0.3, 0.4) is 0 Å². The number of aromatic nitrogens is 2. The SMILES string of the molecule is CC(Nc1ccnc2cc(Br)cnc12)c1cccc(Br)c1. The molecule has 0 radical (unpaired) electrons. The molecule has 1 atom stereocenters. The summed E-state index contributed by atoms with van der Waals surface area (Å²) in [6.45, 7) is 2.13. The van der Waals surface area contributed by atoms with Crippen molar-refractivity contribution in [3.63, 3.8) is 0 Å². The van der Waals surface area contributed by atoms with E-state index in [1.807, 2.05) is 24.3 Å². The molecular weight excluding hydrogens is 394 g/mol. The minimum Gasteiger partial charge on any atom is -0.377 e. The van der Waals surface area contributed by atoms with Crippen LogP contribution in [0.1, 0.15) is 18.5 Å². The first-order valence-electron chi connectivity index (χ1n) is 6.56. The fourth-order valence-electron chi connectivity index (χ4n) is 2.21. The molecule has 2 aromatic heterocycles. The average Bonchev–Trinajstić information content (AvgIpc) is 2.47. The van der Waals surface area contributed by atoms with Crippen molar-refractivity contribution in [2.75, 3.05) is 5.32 Å². The van der Waals surface area contributed by atoms with Crippen LogP contribution in [0.2, 0.25) is 0 Å². The van der Waals surface area contributed by atoms with E-state index < -0.39 is 0 Å². The summed E-state index contributed by atoms with van der Waals surface area (Å²) in [5, 5.41) is 3.51. The van der Waals surface area contributed by atoms with Gasteiger partial charge in [0, 0.05) is 27.4 Å². The van der Waals surface area contributed by atoms with E-state index in [-0.39, 0.29) is 6.04 Å². The van der Waals surface area contributed by atoms with Gasteiger partial charge in [0.1, 0.15) is 5.52 Å². The van der Waals surface area contributed by atoms with Gasteiger partial charge in [-0.15, -0.1) is 0 Å². The monoisotopic (exact) mass is 405 g/mol. The molecule has 0 fully saturated rings. The number of halogens is 2. The van der Waals surface area contributed by atoms with Crippen molar-refractivity contribution in [3.8, 4) is 0 Å². The van der Waals surface area contributed by atoms with Crippen molar-refractivity contribution in [3.05, 3.63) is 63.3 Å². The van der Waals surface area contributed by atoms with Crippen LogP contribution in [-0.2, 0) is 0 Å². The summed E-state index contributed by atoms with van der Waals surface area (Å²) in [5.74, 6) is 0. The predicted octanol–water partition coefficient (Wildman–Crippen LogP) is 5.33. The van der Waals surface area contributed by atoms with Crippen LogP contribution in [0.4, 0.5) is 5.69 Å². The Hall–Kier alpha value is -1.46. The molecule has 106 valence electrons. The molecule has 0 spiro atoms. The second-order valence-electron chi connectivity index (χ2n) is 4.80. The Kier molecular flexibility index (Phi) is 4.22. The molecule has 3 rings (SSSR count). The fourth-order valence-corrected chi connectivity index (χ4v) is 2.95. The van der Waals surface area contributed by atoms with Crippen molar-refractivity contribution in [2.45, 2.75) is 13.0 Å². The molecule has 1 aromatic carbocycles. The van der Waals surface area contributed by atoms with Gasteiger partial charge in [-0.05, 0) is 52.7 Å². The zero-order valence-corrected chi connectivity index (χ0v) is 14.5. The maximum atomic E-state index is 4.46. The van der Waals surface area contributed by atoms with Crippen LogP contribution in [0.25, 0.3) is 11.0 Å². The Balaban J connectivity index is 1.94. The van der Waals surface area contributed by atoms with E-state index in [9.17, 15) is 0 Å². The molecule has 5 heteroatoms. The van der Waals surface area contributed by atoms with E-state index in [2.05, 4.69) is 66.2 Å². The van der Waals surface area contributed by atoms with Gasteiger partial charge in [-0.25, -0.2) is 0 Å². The summed E-state index contributed by atoms with van der Waals surface area (Å²) in [6, 6.07) is 12.4. The molecule has 1 N–H and O–H groups in total. The number of benzene rings is 1. The van der Waals surface area contributed by atoms with E-state index in [1.54, 1.807) is 12.4 Å². The molecule has 0 saturated carbocycles. The van der Waals surface area contributed by atoms with E-state index in [0.29, 0.717) is 0 Å². The zero-order chi connectivity index (χ0) is 14.8. The highest BCUT2D eigenvalue weighted by Crippen LogP contribution is 2.26. The lowest BCUT2D eigenvalue weighted by Gasteiger charge is -2.17. The normalized spacial score (nSPS) is 12.3. The fraction of sp³-hybridized carbons (Fsp3) is 0.125. The van der Waals surface area contributed by atoms with E-state index in [0.717, 1.165) is 25.7 Å². The molecule has 21 heavy (non-hydrogen) atoms. The first kappa shape index (κ1) is 14.5. The lowest BCUT2D eigenvalue weighted by atomic mass is 10.1. The van der Waals surface area contributed by atoms with Gasteiger partial charge in [0.25, 0.3) is 0 Å². The van der Waals surface area contributed by atoms with Crippen LogP contribution in [0.5, 0.6) is 0 Å². The summed E-state index contributed by atoms with van der Waals surface area (Å²) in [7, 11) is 0. The minimum absolute atomic E-state index is 0.179. The molecule has 0 saturated heterocycles. The molecule has 0 aliphatic heterocycles. The van der Waals surface area contributed by atoms with Gasteiger partial charge in [-0.2, -0.15) is 0 Å². The van der Waals surface area contributed by atoms with Gasteiger partial charge < -0.3 is 5.32 Å². The van der Waals surface area contributed by atoms with Crippen molar-refractivity contribution in [1.29, 1.82) is 0 Å². The lowest BCUT2D eigenvalue weighted by molar-refractivity contribution is 0.884. The van der Waals surface area contributed by atoms with Gasteiger partial charge in [-0.3, -0.25) is 9.97 Å². The Labute approximate surface area is 140 Å². The van der Waals surface area contributed by atoms with Gasteiger partial charge in [-0.1, -0.05) is 28.1 Å². The number of hydrogen-bond acceptors (Lipinski definition) is 3. The maximum absolute atomic E-state index is 4.46. The van der Waals surface area contributed by atoms with E-state index >= 15 is 0 Å². The summed E-state index contributed by atoms with van der Waals surface area (Å²) in [5.41, 5.74) is 3.95. The van der Waals surface area contributed by atoms with Crippen LogP contribution in [-0.4, -0.2) is 9.97 Å². The first-order chi connectivity index (χ1) is 10.1. The molecule has 1 unspecified atom stereocenters. The number of hydrogen-bond donors (Lipinski definition) is 1. The summed E-state index contributed by atoms with van der Waals surface area (Å²) in [4.78, 5) is 8.82. The summed E-state index contributed by atoms with van der Waals surface area (Å²) in [6.07, 6.45) is 3.59. The lowest BCUT2D eigenvalue weighted by Crippen LogP contribution is -2.07. The number of anilines is 1. The number of rotatable bonds is 3. The van der Waals surface area contributed by atoms with E-state index in [1.165, 1.54) is 5.56 Å². The Morgan fingerprint density at radius 2 is 1.90 bits per heavy atom. The van der Waals surface area contributed by atoms with Crippen LogP contribution < -0.4 is 5.32 Å². The Morgan fingerprint density at radius 3 is 2.71 bits per heavy atom. The third-order valence-corrected chi connectivity index (χ3v) is 4.19. The van der Waals surface area contributed by atoms with Crippen molar-refractivity contribution in [2.24, 2.45) is 0 Å². The third kappa shape index (κ3) is 3.24. The highest BCUT2D eigenvalue weighted by Gasteiger charge is 2.09. The molecule has 3 nitrogen and oxygen atoms in total. The number of nitrogens with one attached hydrogen (secondary N) is 1. The minimum atomic E-state index is 0.179. The molecule has 0 aliphatic carbocycles. The van der Waals surface area contributed by atoms with Crippen molar-refractivity contribution in [1.82, 2.24) is 9.97 Å². The molecular formula is C16H13Br2N3. The molecule has 0 aliphatic rings. The average molecular weight is 407 g/mol. The predicted molar refractivity (Wildman–Crippen MR) is 93.4 cm³/mol. The smallest absolute Gasteiger partial charge is 0.112 e. The topological polar surface area (TPSA) is 37.8 Å². The highest BCUT2D eigenvalue weighted by molar-refractivity contribution is 9.10. The number of fused-ring (bicyclic) bond motifs is 1. The van der Waals surface area contributed by atoms with Crippen LogP contribution >= 0.6 is 31.9 Å². The summed E-state index contributed by atoms with van der Waals surface area (Å²) >= 11 is 6.93. The van der Waals surface area contributed by atoms with Crippen LogP contribution in [0, 0.1) is 0 Å². The molecule has 0 amide bonds. The molecule has 2 heterocycles. The largest absolute Gasteiger partial charge is 0.377 e. The standard InChI is InChI=1S/C16H13Br2N3/c1-10(11-3-2-4-12(17)7-11)21-14-5-6-19-15-8-13(18)9-20-16(14)15/h2-10H,1H3,(H,19,21). The third-order valence-electron chi connectivity index (χ3n) is 3.26. The second-order valence-corrected chi connectivity index (χ2v) is 6.63. The number of nitrogens with zero attached hydrogens (tertiary/aromatic N) is 2. The number of pyridine rings is 2. The van der Waals surface area contributed by atoms with Gasteiger partial charge in [0.05, 0.1) is 11.2 Å². The van der Waals surface area contributed by atoms with Gasteiger partial charge in [0.15, 0.2) is 0 Å². The Bertz CT molecular complexity index is 789.